The maximum Gasteiger partial charge on any atom is 0.413 e. The molecule has 188 valence electrons. The number of amides is 2. The predicted molar refractivity (Wildman–Crippen MR) is 131 cm³/mol. The van der Waals surface area contributed by atoms with Crippen molar-refractivity contribution in [2.75, 3.05) is 46.9 Å². The van der Waals surface area contributed by atoms with Gasteiger partial charge in [-0.1, -0.05) is 48.0 Å². The summed E-state index contributed by atoms with van der Waals surface area (Å²) in [6, 6.07) is 13.4. The van der Waals surface area contributed by atoms with E-state index in [9.17, 15) is 23.1 Å². The minimum Gasteiger partial charge on any atom is -0.465 e. The van der Waals surface area contributed by atoms with Gasteiger partial charge in [0.2, 0.25) is 15.9 Å². The van der Waals surface area contributed by atoms with Crippen molar-refractivity contribution in [1.29, 1.82) is 0 Å². The van der Waals surface area contributed by atoms with Gasteiger partial charge in [-0.05, 0) is 17.7 Å². The highest BCUT2D eigenvalue weighted by molar-refractivity contribution is 7.89. The van der Waals surface area contributed by atoms with Crippen molar-refractivity contribution in [1.82, 2.24) is 14.1 Å². The second-order valence-electron chi connectivity index (χ2n) is 7.90. The van der Waals surface area contributed by atoms with E-state index in [0.29, 0.717) is 31.0 Å². The van der Waals surface area contributed by atoms with Crippen LogP contribution < -0.4 is 0 Å². The molecule has 0 radical (unpaired) electrons. The fourth-order valence-corrected chi connectivity index (χ4v) is 5.05. The molecular weight excluding hydrogens is 496 g/mol. The van der Waals surface area contributed by atoms with E-state index in [1.54, 1.807) is 31.3 Å². The molecule has 10 nitrogen and oxygen atoms in total. The number of halogens is 1. The minimum atomic E-state index is -3.76. The molecule has 35 heavy (non-hydrogen) atoms. The lowest BCUT2D eigenvalue weighted by Crippen LogP contribution is -2.33. The Kier molecular flexibility index (Phi) is 8.84. The van der Waals surface area contributed by atoms with Gasteiger partial charge in [-0.15, -0.1) is 0 Å². The van der Waals surface area contributed by atoms with Crippen molar-refractivity contribution in [3.8, 4) is 0 Å². The Morgan fingerprint density at radius 3 is 2.49 bits per heavy atom. The van der Waals surface area contributed by atoms with Crippen LogP contribution in [0.1, 0.15) is 11.1 Å². The second kappa shape index (κ2) is 11.6. The molecule has 2 aromatic carbocycles. The van der Waals surface area contributed by atoms with Crippen molar-refractivity contribution < 1.29 is 27.9 Å². The number of likely N-dealkylation sites (N-methyl/N-ethyl adjacent to an activating group) is 2. The molecule has 3 rings (SSSR count). The zero-order chi connectivity index (χ0) is 25.6. The normalized spacial score (nSPS) is 13.7. The highest BCUT2D eigenvalue weighted by atomic mass is 35.5. The third-order valence-electron chi connectivity index (χ3n) is 5.43. The molecule has 12 heteroatoms. The minimum absolute atomic E-state index is 0.0154. The van der Waals surface area contributed by atoms with E-state index in [4.69, 9.17) is 16.3 Å². The lowest BCUT2D eigenvalue weighted by Gasteiger charge is -2.20. The number of carboxylic acid groups (broad SMARTS) is 1. The SMILES string of the molecule is CN(Cc1ccc(C2=NCCN2C(=O)O)cc1)C(=O)COCCN(C)S(=O)(=O)c1ccccc1Cl. The number of sulfonamides is 1. The molecule has 0 spiro atoms. The van der Waals surface area contributed by atoms with E-state index in [1.807, 2.05) is 12.1 Å². The number of carbonyl (C=O) groups is 2. The average Bonchev–Trinajstić information content (AvgIpc) is 3.32. The fraction of sp³-hybridized carbons (Fsp3) is 0.348. The Bertz CT molecular complexity index is 1200. The van der Waals surface area contributed by atoms with Crippen LogP contribution in [-0.4, -0.2) is 92.4 Å². The Balaban J connectivity index is 1.45. The first-order valence-corrected chi connectivity index (χ1v) is 12.6. The lowest BCUT2D eigenvalue weighted by atomic mass is 10.1. The molecule has 0 aliphatic carbocycles. The lowest BCUT2D eigenvalue weighted by molar-refractivity contribution is -0.135. The summed E-state index contributed by atoms with van der Waals surface area (Å²) < 4.78 is 31.8. The van der Waals surface area contributed by atoms with Crippen LogP contribution in [0.15, 0.2) is 58.4 Å². The van der Waals surface area contributed by atoms with E-state index in [0.717, 1.165) is 9.87 Å². The van der Waals surface area contributed by atoms with Gasteiger partial charge < -0.3 is 14.7 Å². The molecule has 0 bridgehead atoms. The molecule has 2 aromatic rings. The molecule has 0 unspecified atom stereocenters. The predicted octanol–water partition coefficient (Wildman–Crippen LogP) is 2.38. The quantitative estimate of drug-likeness (QED) is 0.478. The molecule has 1 heterocycles. The number of rotatable bonds is 10. The third kappa shape index (κ3) is 6.57. The van der Waals surface area contributed by atoms with Gasteiger partial charge in [0.1, 0.15) is 17.3 Å². The summed E-state index contributed by atoms with van der Waals surface area (Å²) in [7, 11) is -0.701. The standard InChI is InChI=1S/C23H27ClN4O6S/c1-26(15-17-7-9-18(10-8-17)22-25-11-12-28(22)23(30)31)21(29)16-34-14-13-27(2)35(32,33)20-6-4-3-5-19(20)24/h3-10H,11-16H2,1-2H3,(H,30,31). The van der Waals surface area contributed by atoms with Crippen LogP contribution in [0.4, 0.5) is 4.79 Å². The highest BCUT2D eigenvalue weighted by Gasteiger charge is 2.25. The van der Waals surface area contributed by atoms with E-state index in [2.05, 4.69) is 4.99 Å². The van der Waals surface area contributed by atoms with Gasteiger partial charge in [0.05, 0.1) is 24.7 Å². The van der Waals surface area contributed by atoms with Gasteiger partial charge >= 0.3 is 6.09 Å². The monoisotopic (exact) mass is 522 g/mol. The van der Waals surface area contributed by atoms with Crippen LogP contribution in [0.5, 0.6) is 0 Å². The molecule has 1 aliphatic rings. The fourth-order valence-electron chi connectivity index (χ4n) is 3.41. The summed E-state index contributed by atoms with van der Waals surface area (Å²) >= 11 is 6.00. The average molecular weight is 523 g/mol. The first kappa shape index (κ1) is 26.6. The Morgan fingerprint density at radius 1 is 1.14 bits per heavy atom. The van der Waals surface area contributed by atoms with Crippen molar-refractivity contribution >= 4 is 39.5 Å². The summed E-state index contributed by atoms with van der Waals surface area (Å²) in [5.41, 5.74) is 1.55. The van der Waals surface area contributed by atoms with Gasteiger partial charge in [-0.25, -0.2) is 13.2 Å². The van der Waals surface area contributed by atoms with Crippen LogP contribution >= 0.6 is 11.6 Å². The van der Waals surface area contributed by atoms with Crippen LogP contribution in [0.2, 0.25) is 5.02 Å². The van der Waals surface area contributed by atoms with Crippen LogP contribution in [0.25, 0.3) is 0 Å². The summed E-state index contributed by atoms with van der Waals surface area (Å²) in [5.74, 6) is 0.159. The molecule has 0 fully saturated rings. The van der Waals surface area contributed by atoms with Crippen molar-refractivity contribution in [3.05, 3.63) is 64.7 Å². The zero-order valence-electron chi connectivity index (χ0n) is 19.4. The largest absolute Gasteiger partial charge is 0.465 e. The van der Waals surface area contributed by atoms with Gasteiger partial charge in [-0.2, -0.15) is 4.31 Å². The number of aliphatic imine (C=N–C) groups is 1. The van der Waals surface area contributed by atoms with Gasteiger partial charge in [0.15, 0.2) is 0 Å². The summed E-state index contributed by atoms with van der Waals surface area (Å²) in [6.45, 7) is 1.00. The molecule has 0 saturated carbocycles. The van der Waals surface area contributed by atoms with Gasteiger partial charge in [0.25, 0.3) is 0 Å². The van der Waals surface area contributed by atoms with E-state index in [1.165, 1.54) is 29.0 Å². The molecule has 2 amide bonds. The first-order valence-electron chi connectivity index (χ1n) is 10.8. The first-order chi connectivity index (χ1) is 16.6. The Labute approximate surface area is 209 Å². The number of hydrogen-bond donors (Lipinski definition) is 1. The molecule has 0 atom stereocenters. The number of hydrogen-bond acceptors (Lipinski definition) is 6. The number of ether oxygens (including phenoxy) is 1. The number of amidine groups is 1. The van der Waals surface area contributed by atoms with Crippen molar-refractivity contribution in [2.24, 2.45) is 4.99 Å². The smallest absolute Gasteiger partial charge is 0.413 e. The molecular formula is C23H27ClN4O6S. The Morgan fingerprint density at radius 2 is 1.83 bits per heavy atom. The maximum atomic E-state index is 12.6. The Hall–Kier alpha value is -2.99. The van der Waals surface area contributed by atoms with Crippen molar-refractivity contribution in [3.63, 3.8) is 0 Å². The van der Waals surface area contributed by atoms with Crippen LogP contribution in [0, 0.1) is 0 Å². The molecule has 1 aliphatic heterocycles. The number of benzene rings is 2. The third-order valence-corrected chi connectivity index (χ3v) is 7.79. The van der Waals surface area contributed by atoms with E-state index in [-0.39, 0.29) is 35.6 Å². The number of nitrogens with zero attached hydrogens (tertiary/aromatic N) is 4. The van der Waals surface area contributed by atoms with E-state index < -0.39 is 16.1 Å². The summed E-state index contributed by atoms with van der Waals surface area (Å²) in [4.78, 5) is 30.7. The van der Waals surface area contributed by atoms with Crippen LogP contribution in [-0.2, 0) is 26.1 Å². The molecule has 0 aromatic heterocycles. The van der Waals surface area contributed by atoms with Gasteiger partial charge in [-0.3, -0.25) is 14.7 Å². The zero-order valence-corrected chi connectivity index (χ0v) is 21.0. The van der Waals surface area contributed by atoms with E-state index >= 15 is 0 Å². The highest BCUT2D eigenvalue weighted by Crippen LogP contribution is 2.23. The van der Waals surface area contributed by atoms with Crippen LogP contribution in [0.3, 0.4) is 0 Å². The van der Waals surface area contributed by atoms with Gasteiger partial charge in [0, 0.05) is 32.7 Å². The molecule has 0 saturated heterocycles. The summed E-state index contributed by atoms with van der Waals surface area (Å²) in [5, 5.41) is 9.39. The summed E-state index contributed by atoms with van der Waals surface area (Å²) in [6.07, 6.45) is -1.04. The maximum absolute atomic E-state index is 12.6. The molecule has 1 N–H and O–H groups in total. The van der Waals surface area contributed by atoms with Crippen molar-refractivity contribution in [2.45, 2.75) is 11.4 Å². The number of carbonyl (C=O) groups excluding carboxylic acids is 1. The topological polar surface area (TPSA) is 120 Å². The second-order valence-corrected chi connectivity index (χ2v) is 10.3.